The molecule has 3 nitrogen and oxygen atoms in total. The minimum Gasteiger partial charge on any atom is -0.323 e. The predicted octanol–water partition coefficient (Wildman–Crippen LogP) is 2.87. The van der Waals surface area contributed by atoms with E-state index in [1.807, 2.05) is 5.32 Å². The van der Waals surface area contributed by atoms with Crippen molar-refractivity contribution in [3.63, 3.8) is 0 Å². The Morgan fingerprint density at radius 1 is 1.24 bits per heavy atom. The molecule has 1 aliphatic heterocycles. The zero-order chi connectivity index (χ0) is 15.7. The summed E-state index contributed by atoms with van der Waals surface area (Å²) in [6.45, 7) is 0.527. The van der Waals surface area contributed by atoms with Gasteiger partial charge < -0.3 is 10.6 Å². The van der Waals surface area contributed by atoms with Crippen LogP contribution >= 0.6 is 0 Å². The van der Waals surface area contributed by atoms with Crippen molar-refractivity contribution in [2.75, 3.05) is 18.4 Å². The molecule has 1 amide bonds. The lowest BCUT2D eigenvalue weighted by Gasteiger charge is -2.29. The molecule has 1 aliphatic rings. The smallest absolute Gasteiger partial charge is 0.323 e. The molecule has 1 heterocycles. The van der Waals surface area contributed by atoms with E-state index in [4.69, 9.17) is 0 Å². The molecular weight excluding hydrogens is 295 g/mol. The molecule has 1 aromatic carbocycles. The van der Waals surface area contributed by atoms with Crippen molar-refractivity contribution in [3.8, 4) is 0 Å². The predicted molar refractivity (Wildman–Crippen MR) is 66.0 cm³/mol. The van der Waals surface area contributed by atoms with Gasteiger partial charge in [-0.05, 0) is 31.3 Å². The van der Waals surface area contributed by atoms with Crippen LogP contribution in [0.4, 0.5) is 27.6 Å². The van der Waals surface area contributed by atoms with Crippen LogP contribution in [0.25, 0.3) is 0 Å². The fourth-order valence-corrected chi connectivity index (χ4v) is 2.14. The highest BCUT2D eigenvalue weighted by atomic mass is 19.4. The van der Waals surface area contributed by atoms with Crippen LogP contribution in [0.15, 0.2) is 18.2 Å². The van der Waals surface area contributed by atoms with E-state index < -0.39 is 34.8 Å². The van der Waals surface area contributed by atoms with Crippen LogP contribution in [0.5, 0.6) is 0 Å². The first kappa shape index (κ1) is 15.7. The maximum Gasteiger partial charge on any atom is 0.418 e. The summed E-state index contributed by atoms with van der Waals surface area (Å²) >= 11 is 0. The van der Waals surface area contributed by atoms with Crippen LogP contribution in [-0.2, 0) is 11.0 Å². The van der Waals surface area contributed by atoms with Crippen LogP contribution in [0.2, 0.25) is 0 Å². The zero-order valence-corrected chi connectivity index (χ0v) is 10.9. The van der Waals surface area contributed by atoms with Crippen molar-refractivity contribution in [3.05, 3.63) is 29.6 Å². The molecule has 21 heavy (non-hydrogen) atoms. The molecule has 0 radical (unpaired) electrons. The number of rotatable bonds is 2. The second kappa shape index (κ2) is 5.59. The molecule has 2 rings (SSSR count). The van der Waals surface area contributed by atoms with Gasteiger partial charge >= 0.3 is 6.18 Å². The third-order valence-electron chi connectivity index (χ3n) is 3.34. The Morgan fingerprint density at radius 3 is 2.43 bits per heavy atom. The molecule has 0 aromatic heterocycles. The van der Waals surface area contributed by atoms with Crippen LogP contribution in [0.3, 0.4) is 0 Å². The van der Waals surface area contributed by atoms with E-state index in [-0.39, 0.29) is 32.0 Å². The number of hydrogen-bond acceptors (Lipinski definition) is 2. The number of alkyl halides is 4. The minimum absolute atomic E-state index is 0.124. The Morgan fingerprint density at radius 2 is 1.86 bits per heavy atom. The second-order valence-corrected chi connectivity index (χ2v) is 4.86. The first-order valence-electron chi connectivity index (χ1n) is 6.30. The monoisotopic (exact) mass is 308 g/mol. The average molecular weight is 308 g/mol. The van der Waals surface area contributed by atoms with Gasteiger partial charge in [0, 0.05) is 12.8 Å². The van der Waals surface area contributed by atoms with Crippen molar-refractivity contribution in [2.45, 2.75) is 24.7 Å². The molecule has 1 fully saturated rings. The van der Waals surface area contributed by atoms with Crippen LogP contribution in [0.1, 0.15) is 18.4 Å². The maximum atomic E-state index is 14.4. The van der Waals surface area contributed by atoms with E-state index in [1.54, 1.807) is 0 Å². The Labute approximate surface area is 117 Å². The van der Waals surface area contributed by atoms with Gasteiger partial charge in [0.2, 0.25) is 0 Å². The van der Waals surface area contributed by atoms with E-state index in [0.29, 0.717) is 0 Å². The summed E-state index contributed by atoms with van der Waals surface area (Å²) in [4.78, 5) is 11.9. The molecule has 116 valence electrons. The molecule has 0 spiro atoms. The molecule has 2 N–H and O–H groups in total. The highest BCUT2D eigenvalue weighted by molar-refractivity contribution is 5.98. The number of amides is 1. The van der Waals surface area contributed by atoms with Crippen LogP contribution < -0.4 is 10.6 Å². The van der Waals surface area contributed by atoms with Gasteiger partial charge in [-0.25, -0.2) is 8.78 Å². The standard InChI is InChI=1S/C13H13F5N2O/c14-8-1-2-10(9(7-8)13(16,17)18)20-11(21)12(15)3-5-19-6-4-12/h1-2,7,19H,3-6H2,(H,20,21). The van der Waals surface area contributed by atoms with Gasteiger partial charge in [-0.1, -0.05) is 0 Å². The first-order valence-corrected chi connectivity index (χ1v) is 6.30. The SMILES string of the molecule is O=C(Nc1ccc(F)cc1C(F)(F)F)C1(F)CCNCC1. The minimum atomic E-state index is -4.84. The molecule has 0 unspecified atom stereocenters. The van der Waals surface area contributed by atoms with Gasteiger partial charge in [0.1, 0.15) is 5.82 Å². The zero-order valence-electron chi connectivity index (χ0n) is 10.9. The molecular formula is C13H13F5N2O. The highest BCUT2D eigenvalue weighted by Crippen LogP contribution is 2.36. The fraction of sp³-hybridized carbons (Fsp3) is 0.462. The highest BCUT2D eigenvalue weighted by Gasteiger charge is 2.41. The quantitative estimate of drug-likeness (QED) is 0.825. The topological polar surface area (TPSA) is 41.1 Å². The summed E-state index contributed by atoms with van der Waals surface area (Å²) in [6, 6.07) is 1.82. The Kier molecular flexibility index (Phi) is 4.18. The number of benzene rings is 1. The van der Waals surface area contributed by atoms with Gasteiger partial charge in [0.05, 0.1) is 11.3 Å². The number of halogens is 5. The van der Waals surface area contributed by atoms with Crippen molar-refractivity contribution < 1.29 is 26.7 Å². The Bertz CT molecular complexity index is 538. The van der Waals surface area contributed by atoms with Gasteiger partial charge in [-0.15, -0.1) is 0 Å². The maximum absolute atomic E-state index is 14.4. The molecule has 8 heteroatoms. The Balaban J connectivity index is 2.25. The van der Waals surface area contributed by atoms with E-state index in [0.717, 1.165) is 12.1 Å². The number of carbonyl (C=O) groups excluding carboxylic acids is 1. The number of nitrogens with one attached hydrogen (secondary N) is 2. The van der Waals surface area contributed by atoms with Gasteiger partial charge in [0.15, 0.2) is 5.67 Å². The number of anilines is 1. The van der Waals surface area contributed by atoms with Gasteiger partial charge in [-0.3, -0.25) is 4.79 Å². The second-order valence-electron chi connectivity index (χ2n) is 4.86. The van der Waals surface area contributed by atoms with Crippen LogP contribution in [0, 0.1) is 5.82 Å². The summed E-state index contributed by atoms with van der Waals surface area (Å²) in [5, 5.41) is 4.78. The lowest BCUT2D eigenvalue weighted by molar-refractivity contribution is -0.137. The average Bonchev–Trinajstić information content (AvgIpc) is 2.40. The summed E-state index contributed by atoms with van der Waals surface area (Å²) in [6.07, 6.45) is -5.09. The summed E-state index contributed by atoms with van der Waals surface area (Å²) in [7, 11) is 0. The molecule has 1 aromatic rings. The van der Waals surface area contributed by atoms with Gasteiger partial charge in [-0.2, -0.15) is 13.2 Å². The van der Waals surface area contributed by atoms with Crippen molar-refractivity contribution >= 4 is 11.6 Å². The third-order valence-corrected chi connectivity index (χ3v) is 3.34. The van der Waals surface area contributed by atoms with Crippen molar-refractivity contribution in [1.82, 2.24) is 5.32 Å². The normalized spacial score (nSPS) is 18.3. The Hall–Kier alpha value is -1.70. The van der Waals surface area contributed by atoms with E-state index >= 15 is 0 Å². The van der Waals surface area contributed by atoms with Crippen molar-refractivity contribution in [2.24, 2.45) is 0 Å². The number of piperidine rings is 1. The molecule has 0 atom stereocenters. The summed E-state index contributed by atoms with van der Waals surface area (Å²) in [5.41, 5.74) is -4.21. The molecule has 0 bridgehead atoms. The van der Waals surface area contributed by atoms with E-state index in [1.165, 1.54) is 0 Å². The van der Waals surface area contributed by atoms with Gasteiger partial charge in [0.25, 0.3) is 5.91 Å². The number of hydrogen-bond donors (Lipinski definition) is 2. The van der Waals surface area contributed by atoms with E-state index in [2.05, 4.69) is 5.32 Å². The summed E-state index contributed by atoms with van der Waals surface area (Å²) < 4.78 is 65.7. The number of carbonyl (C=O) groups is 1. The third kappa shape index (κ3) is 3.49. The fourth-order valence-electron chi connectivity index (χ4n) is 2.14. The lowest BCUT2D eigenvalue weighted by Crippen LogP contribution is -2.47. The molecule has 0 saturated carbocycles. The lowest BCUT2D eigenvalue weighted by atomic mass is 9.93. The van der Waals surface area contributed by atoms with Crippen molar-refractivity contribution in [1.29, 1.82) is 0 Å². The molecule has 0 aliphatic carbocycles. The van der Waals surface area contributed by atoms with E-state index in [9.17, 15) is 26.7 Å². The largest absolute Gasteiger partial charge is 0.418 e. The van der Waals surface area contributed by atoms with Crippen LogP contribution in [-0.4, -0.2) is 24.7 Å². The first-order chi connectivity index (χ1) is 9.72. The molecule has 1 saturated heterocycles. The summed E-state index contributed by atoms with van der Waals surface area (Å²) in [5.74, 6) is -2.22.